The van der Waals surface area contributed by atoms with E-state index in [2.05, 4.69) is 27.7 Å². The number of hydrogen-bond donors (Lipinski definition) is 3. The van der Waals surface area contributed by atoms with Gasteiger partial charge in [-0.3, -0.25) is 37.3 Å². The Morgan fingerprint density at radius 3 is 0.641 bits per heavy atom. The van der Waals surface area contributed by atoms with E-state index in [1.54, 1.807) is 0 Å². The van der Waals surface area contributed by atoms with Gasteiger partial charge in [0.2, 0.25) is 0 Å². The third-order valence-electron chi connectivity index (χ3n) is 17.1. The van der Waals surface area contributed by atoms with Gasteiger partial charge in [-0.1, -0.05) is 336 Å². The van der Waals surface area contributed by atoms with E-state index < -0.39 is 97.5 Å². The first-order valence-electron chi connectivity index (χ1n) is 38.3. The standard InChI is InChI=1S/C73H142O17P2/c1-5-9-13-17-20-23-26-29-31-33-35-37-39-42-45-48-52-56-60-73(78)90-69(64-84-71(76)58-54-50-46-43-41-38-36-34-32-30-27-24-21-18-14-10-6-2)66-88-92(81,82)86-62-67(74)61-85-91(79,80)87-65-68(63-83-70(75)57-53-49-16-12-8-4)89-72(77)59-55-51-47-44-40-28-25-22-19-15-11-7-3/h67-69,74H,5-66H2,1-4H3,(H,79,80)(H,81,82)/t67-,68+,69+/m0/s1. The van der Waals surface area contributed by atoms with E-state index in [0.29, 0.717) is 25.7 Å². The van der Waals surface area contributed by atoms with Crippen molar-refractivity contribution in [1.82, 2.24) is 0 Å². The van der Waals surface area contributed by atoms with Crippen LogP contribution >= 0.6 is 15.6 Å². The van der Waals surface area contributed by atoms with Crippen LogP contribution in [-0.4, -0.2) is 96.7 Å². The highest BCUT2D eigenvalue weighted by Crippen LogP contribution is 2.45. The summed E-state index contributed by atoms with van der Waals surface area (Å²) in [5, 5.41) is 10.6. The normalized spacial score (nSPS) is 13.9. The highest BCUT2D eigenvalue weighted by atomic mass is 31.2. The van der Waals surface area contributed by atoms with Crippen LogP contribution in [0.2, 0.25) is 0 Å². The summed E-state index contributed by atoms with van der Waals surface area (Å²) in [5.74, 6) is -2.13. The van der Waals surface area contributed by atoms with Crippen LogP contribution in [0, 0.1) is 0 Å². The molecule has 0 aliphatic rings. The number of hydrogen-bond acceptors (Lipinski definition) is 15. The van der Waals surface area contributed by atoms with E-state index in [9.17, 15) is 43.2 Å². The lowest BCUT2D eigenvalue weighted by Crippen LogP contribution is -2.30. The summed E-state index contributed by atoms with van der Waals surface area (Å²) >= 11 is 0. The van der Waals surface area contributed by atoms with Crippen LogP contribution in [0.15, 0.2) is 0 Å². The number of aliphatic hydroxyl groups is 1. The highest BCUT2D eigenvalue weighted by molar-refractivity contribution is 7.47. The van der Waals surface area contributed by atoms with Crippen molar-refractivity contribution in [2.45, 2.75) is 406 Å². The van der Waals surface area contributed by atoms with Crippen molar-refractivity contribution < 1.29 is 80.2 Å². The second kappa shape index (κ2) is 67.6. The Bertz CT molecular complexity index is 1760. The number of carbonyl (C=O) groups is 4. The maximum Gasteiger partial charge on any atom is 0.472 e. The van der Waals surface area contributed by atoms with Gasteiger partial charge in [0, 0.05) is 25.7 Å². The number of aliphatic hydroxyl groups excluding tert-OH is 1. The van der Waals surface area contributed by atoms with Gasteiger partial charge in [0.1, 0.15) is 19.3 Å². The molecular formula is C73H142O17P2. The predicted octanol–water partition coefficient (Wildman–Crippen LogP) is 21.4. The van der Waals surface area contributed by atoms with Crippen LogP contribution in [0.5, 0.6) is 0 Å². The Morgan fingerprint density at radius 2 is 0.435 bits per heavy atom. The first kappa shape index (κ1) is 90.1. The molecular weight excluding hydrogens is 1210 g/mol. The van der Waals surface area contributed by atoms with Crippen molar-refractivity contribution >= 4 is 39.5 Å². The quantitative estimate of drug-likeness (QED) is 0.0222. The maximum atomic E-state index is 13.1. The van der Waals surface area contributed by atoms with Gasteiger partial charge in [0.15, 0.2) is 12.2 Å². The lowest BCUT2D eigenvalue weighted by molar-refractivity contribution is -0.161. The molecule has 0 spiro atoms. The summed E-state index contributed by atoms with van der Waals surface area (Å²) in [7, 11) is -9.89. The molecule has 0 aromatic heterocycles. The Balaban J connectivity index is 5.14. The molecule has 0 aromatic rings. The minimum Gasteiger partial charge on any atom is -0.462 e. The third-order valence-corrected chi connectivity index (χ3v) is 19.0. The van der Waals surface area contributed by atoms with Gasteiger partial charge in [-0.15, -0.1) is 0 Å². The van der Waals surface area contributed by atoms with Crippen LogP contribution in [0.25, 0.3) is 0 Å². The smallest absolute Gasteiger partial charge is 0.462 e. The summed E-state index contributed by atoms with van der Waals surface area (Å²) < 4.78 is 68.2. The zero-order chi connectivity index (χ0) is 67.5. The molecule has 0 aromatic carbocycles. The molecule has 0 aliphatic carbocycles. The number of phosphoric acid groups is 2. The summed E-state index contributed by atoms with van der Waals surface area (Å²) in [6, 6.07) is 0. The molecule has 0 fully saturated rings. The lowest BCUT2D eigenvalue weighted by atomic mass is 10.0. The van der Waals surface area contributed by atoms with Crippen LogP contribution in [0.4, 0.5) is 0 Å². The minimum absolute atomic E-state index is 0.107. The molecule has 0 bridgehead atoms. The van der Waals surface area contributed by atoms with E-state index in [4.69, 9.17) is 37.0 Å². The molecule has 0 aliphatic heterocycles. The number of carbonyl (C=O) groups excluding carboxylic acids is 4. The third kappa shape index (κ3) is 66.7. The molecule has 0 saturated carbocycles. The number of phosphoric ester groups is 2. The van der Waals surface area contributed by atoms with Gasteiger partial charge < -0.3 is 33.8 Å². The topological polar surface area (TPSA) is 237 Å². The monoisotopic (exact) mass is 1350 g/mol. The Labute approximate surface area is 562 Å². The fourth-order valence-electron chi connectivity index (χ4n) is 11.2. The van der Waals surface area contributed by atoms with Gasteiger partial charge in [-0.05, 0) is 25.7 Å². The second-order valence-electron chi connectivity index (χ2n) is 26.3. The van der Waals surface area contributed by atoms with E-state index in [-0.39, 0.29) is 25.7 Å². The van der Waals surface area contributed by atoms with Crippen LogP contribution in [0.1, 0.15) is 387 Å². The van der Waals surface area contributed by atoms with Gasteiger partial charge in [-0.25, -0.2) is 9.13 Å². The summed E-state index contributed by atoms with van der Waals surface area (Å²) in [6.45, 7) is 4.88. The van der Waals surface area contributed by atoms with E-state index >= 15 is 0 Å². The van der Waals surface area contributed by atoms with Gasteiger partial charge in [0.25, 0.3) is 0 Å². The molecule has 92 heavy (non-hydrogen) atoms. The van der Waals surface area contributed by atoms with Crippen molar-refractivity contribution in [3.8, 4) is 0 Å². The Morgan fingerprint density at radius 1 is 0.261 bits per heavy atom. The Kier molecular flexibility index (Phi) is 66.2. The molecule has 0 heterocycles. The fourth-order valence-corrected chi connectivity index (χ4v) is 12.8. The molecule has 3 N–H and O–H groups in total. The average Bonchev–Trinajstić information content (AvgIpc) is 2.27. The molecule has 2 unspecified atom stereocenters. The van der Waals surface area contributed by atoms with Crippen LogP contribution in [-0.2, 0) is 65.4 Å². The minimum atomic E-state index is -4.95. The molecule has 0 radical (unpaired) electrons. The average molecular weight is 1350 g/mol. The van der Waals surface area contributed by atoms with Gasteiger partial charge >= 0.3 is 39.5 Å². The van der Waals surface area contributed by atoms with Crippen molar-refractivity contribution in [3.63, 3.8) is 0 Å². The number of rotatable bonds is 74. The molecule has 546 valence electrons. The Hall–Kier alpha value is -1.94. The van der Waals surface area contributed by atoms with Crippen molar-refractivity contribution in [2.75, 3.05) is 39.6 Å². The number of ether oxygens (including phenoxy) is 4. The molecule has 0 saturated heterocycles. The van der Waals surface area contributed by atoms with E-state index in [1.807, 2.05) is 0 Å². The van der Waals surface area contributed by atoms with E-state index in [1.165, 1.54) is 212 Å². The van der Waals surface area contributed by atoms with Gasteiger partial charge in [-0.2, -0.15) is 0 Å². The highest BCUT2D eigenvalue weighted by Gasteiger charge is 2.30. The van der Waals surface area contributed by atoms with Crippen molar-refractivity contribution in [2.24, 2.45) is 0 Å². The lowest BCUT2D eigenvalue weighted by Gasteiger charge is -2.21. The molecule has 0 amide bonds. The molecule has 0 rings (SSSR count). The molecule has 17 nitrogen and oxygen atoms in total. The SMILES string of the molecule is CCCCCCCCCCCCCCCCCCCCC(=O)O[C@H](COC(=O)CCCCCCCCCCCCCCCCCCC)COP(=O)(O)OC[C@@H](O)COP(=O)(O)OC[C@@H](COC(=O)CCCCCCC)OC(=O)CCCCCCCCCCCCCC. The first-order chi connectivity index (χ1) is 44.7. The predicted molar refractivity (Wildman–Crippen MR) is 372 cm³/mol. The van der Waals surface area contributed by atoms with Crippen LogP contribution in [0.3, 0.4) is 0 Å². The molecule has 5 atom stereocenters. The maximum absolute atomic E-state index is 13.1. The summed E-state index contributed by atoms with van der Waals surface area (Å²) in [4.78, 5) is 72.4. The zero-order valence-electron chi connectivity index (χ0n) is 59.5. The largest absolute Gasteiger partial charge is 0.472 e. The zero-order valence-corrected chi connectivity index (χ0v) is 61.3. The van der Waals surface area contributed by atoms with Gasteiger partial charge in [0.05, 0.1) is 26.4 Å². The van der Waals surface area contributed by atoms with E-state index in [0.717, 1.165) is 96.3 Å². The summed E-state index contributed by atoms with van der Waals surface area (Å²) in [5.41, 5.74) is 0. The van der Waals surface area contributed by atoms with Crippen LogP contribution < -0.4 is 0 Å². The second-order valence-corrected chi connectivity index (χ2v) is 29.2. The van der Waals surface area contributed by atoms with Crippen molar-refractivity contribution in [3.05, 3.63) is 0 Å². The first-order valence-corrected chi connectivity index (χ1v) is 41.3. The fraction of sp³-hybridized carbons (Fsp3) is 0.945. The molecule has 19 heteroatoms. The summed E-state index contributed by atoms with van der Waals surface area (Å²) in [6.07, 6.45) is 57.3. The number of esters is 4. The number of unbranched alkanes of at least 4 members (excludes halogenated alkanes) is 48. The van der Waals surface area contributed by atoms with Crippen molar-refractivity contribution in [1.29, 1.82) is 0 Å².